The average molecular weight is 262 g/mol. The molecule has 0 amide bonds. The van der Waals surface area contributed by atoms with Gasteiger partial charge in [-0.25, -0.2) is 0 Å². The largest absolute Gasteiger partial charge is 0.296 e. The van der Waals surface area contributed by atoms with Crippen molar-refractivity contribution < 1.29 is 4.84 Å². The van der Waals surface area contributed by atoms with Crippen LogP contribution in [0.5, 0.6) is 0 Å². The molecule has 90 valence electrons. The Morgan fingerprint density at radius 2 is 1.88 bits per heavy atom. The van der Waals surface area contributed by atoms with Crippen molar-refractivity contribution in [1.82, 2.24) is 5.48 Å². The zero-order valence-corrected chi connectivity index (χ0v) is 11.5. The SMILES string of the molecule is CC(NOC(C)(C)C)c1cccc(Cl)c1Cl. The Bertz CT molecular complexity index is 361. The van der Waals surface area contributed by atoms with E-state index in [1.165, 1.54) is 0 Å². The molecule has 1 atom stereocenters. The second-order valence-electron chi connectivity index (χ2n) is 4.70. The molecule has 4 heteroatoms. The van der Waals surface area contributed by atoms with Gasteiger partial charge >= 0.3 is 0 Å². The lowest BCUT2D eigenvalue weighted by atomic mass is 10.1. The van der Waals surface area contributed by atoms with E-state index in [0.717, 1.165) is 5.56 Å². The number of hydrogen-bond donors (Lipinski definition) is 1. The lowest BCUT2D eigenvalue weighted by molar-refractivity contribution is -0.0866. The molecule has 0 saturated heterocycles. The molecule has 16 heavy (non-hydrogen) atoms. The minimum Gasteiger partial charge on any atom is -0.296 e. The van der Waals surface area contributed by atoms with Gasteiger partial charge < -0.3 is 0 Å². The van der Waals surface area contributed by atoms with E-state index < -0.39 is 0 Å². The summed E-state index contributed by atoms with van der Waals surface area (Å²) in [6.07, 6.45) is 0. The van der Waals surface area contributed by atoms with Crippen molar-refractivity contribution in [1.29, 1.82) is 0 Å². The maximum Gasteiger partial charge on any atom is 0.0813 e. The topological polar surface area (TPSA) is 21.3 Å². The molecule has 0 fully saturated rings. The van der Waals surface area contributed by atoms with Gasteiger partial charge in [-0.05, 0) is 39.3 Å². The monoisotopic (exact) mass is 261 g/mol. The molecule has 0 aromatic heterocycles. The number of nitrogens with one attached hydrogen (secondary N) is 1. The summed E-state index contributed by atoms with van der Waals surface area (Å²) in [5.41, 5.74) is 3.66. The van der Waals surface area contributed by atoms with E-state index >= 15 is 0 Å². The number of hydroxylamine groups is 1. The number of benzene rings is 1. The lowest BCUT2D eigenvalue weighted by Gasteiger charge is -2.23. The van der Waals surface area contributed by atoms with Crippen LogP contribution in [0.3, 0.4) is 0 Å². The van der Waals surface area contributed by atoms with E-state index in [1.54, 1.807) is 6.07 Å². The zero-order valence-electron chi connectivity index (χ0n) is 9.97. The smallest absolute Gasteiger partial charge is 0.0813 e. The highest BCUT2D eigenvalue weighted by atomic mass is 35.5. The zero-order chi connectivity index (χ0) is 12.3. The predicted octanol–water partition coefficient (Wildman–Crippen LogP) is 4.37. The van der Waals surface area contributed by atoms with Gasteiger partial charge in [0.25, 0.3) is 0 Å². The van der Waals surface area contributed by atoms with Crippen LogP contribution in [0, 0.1) is 0 Å². The van der Waals surface area contributed by atoms with Gasteiger partial charge in [-0.3, -0.25) is 4.84 Å². The summed E-state index contributed by atoms with van der Waals surface area (Å²) in [7, 11) is 0. The molecule has 1 unspecified atom stereocenters. The highest BCUT2D eigenvalue weighted by Crippen LogP contribution is 2.29. The molecule has 1 aromatic rings. The third kappa shape index (κ3) is 3.95. The van der Waals surface area contributed by atoms with Crippen LogP contribution < -0.4 is 5.48 Å². The maximum absolute atomic E-state index is 6.11. The van der Waals surface area contributed by atoms with Crippen LogP contribution in [0.2, 0.25) is 10.0 Å². The average Bonchev–Trinajstić information content (AvgIpc) is 2.17. The molecule has 1 N–H and O–H groups in total. The number of rotatable bonds is 3. The van der Waals surface area contributed by atoms with Gasteiger partial charge in [0.1, 0.15) is 0 Å². The van der Waals surface area contributed by atoms with Crippen molar-refractivity contribution >= 4 is 23.2 Å². The highest BCUT2D eigenvalue weighted by molar-refractivity contribution is 6.42. The van der Waals surface area contributed by atoms with E-state index in [1.807, 2.05) is 39.8 Å². The number of halogens is 2. The molecule has 0 aliphatic rings. The van der Waals surface area contributed by atoms with Crippen LogP contribution in [-0.2, 0) is 4.84 Å². The summed E-state index contributed by atoms with van der Waals surface area (Å²) < 4.78 is 0. The summed E-state index contributed by atoms with van der Waals surface area (Å²) >= 11 is 12.1. The Morgan fingerprint density at radius 1 is 1.25 bits per heavy atom. The third-order valence-corrected chi connectivity index (χ3v) is 2.82. The molecule has 1 rings (SSSR count). The van der Waals surface area contributed by atoms with Crippen molar-refractivity contribution in [2.45, 2.75) is 39.3 Å². The van der Waals surface area contributed by atoms with Crippen molar-refractivity contribution in [3.63, 3.8) is 0 Å². The van der Waals surface area contributed by atoms with E-state index in [4.69, 9.17) is 28.0 Å². The fraction of sp³-hybridized carbons (Fsp3) is 0.500. The Kier molecular flexibility index (Phi) is 4.62. The Morgan fingerprint density at radius 3 is 2.44 bits per heavy atom. The summed E-state index contributed by atoms with van der Waals surface area (Å²) in [6, 6.07) is 5.56. The maximum atomic E-state index is 6.11. The first-order valence-electron chi connectivity index (χ1n) is 5.18. The van der Waals surface area contributed by atoms with Crippen molar-refractivity contribution in [2.75, 3.05) is 0 Å². The van der Waals surface area contributed by atoms with E-state index in [-0.39, 0.29) is 11.6 Å². The van der Waals surface area contributed by atoms with E-state index in [0.29, 0.717) is 10.0 Å². The Labute approximate surface area is 107 Å². The second-order valence-corrected chi connectivity index (χ2v) is 5.48. The predicted molar refractivity (Wildman–Crippen MR) is 68.9 cm³/mol. The Hall–Kier alpha value is -0.280. The second kappa shape index (κ2) is 5.37. The molecule has 0 heterocycles. The van der Waals surface area contributed by atoms with Crippen molar-refractivity contribution in [2.24, 2.45) is 0 Å². The molecule has 0 aliphatic heterocycles. The molecule has 2 nitrogen and oxygen atoms in total. The fourth-order valence-electron chi connectivity index (χ4n) is 1.18. The first-order valence-corrected chi connectivity index (χ1v) is 5.94. The molecule has 1 aromatic carbocycles. The summed E-state index contributed by atoms with van der Waals surface area (Å²) in [4.78, 5) is 5.49. The van der Waals surface area contributed by atoms with Crippen LogP contribution in [0.1, 0.15) is 39.3 Å². The van der Waals surface area contributed by atoms with Gasteiger partial charge in [0, 0.05) is 0 Å². The third-order valence-electron chi connectivity index (χ3n) is 1.99. The van der Waals surface area contributed by atoms with Crippen LogP contribution >= 0.6 is 23.2 Å². The Balaban J connectivity index is 2.73. The quantitative estimate of drug-likeness (QED) is 0.816. The van der Waals surface area contributed by atoms with Gasteiger partial charge in [-0.1, -0.05) is 35.3 Å². The van der Waals surface area contributed by atoms with E-state index in [2.05, 4.69) is 5.48 Å². The summed E-state index contributed by atoms with van der Waals surface area (Å²) in [6.45, 7) is 7.91. The minimum absolute atomic E-state index is 0.00887. The van der Waals surface area contributed by atoms with Gasteiger partial charge in [-0.2, -0.15) is 5.48 Å². The molecule has 0 bridgehead atoms. The first-order chi connectivity index (χ1) is 7.31. The lowest BCUT2D eigenvalue weighted by Crippen LogP contribution is -2.31. The summed E-state index contributed by atoms with van der Waals surface area (Å²) in [5, 5.41) is 1.13. The van der Waals surface area contributed by atoms with Crippen molar-refractivity contribution in [3.05, 3.63) is 33.8 Å². The van der Waals surface area contributed by atoms with Crippen LogP contribution in [-0.4, -0.2) is 5.60 Å². The molecular formula is C12H17Cl2NO. The normalized spacial score (nSPS) is 13.9. The van der Waals surface area contributed by atoms with E-state index in [9.17, 15) is 0 Å². The standard InChI is InChI=1S/C12H17Cl2NO/c1-8(15-16-12(2,3)4)9-6-5-7-10(13)11(9)14/h5-8,15H,1-4H3. The molecule has 0 saturated carbocycles. The molecular weight excluding hydrogens is 245 g/mol. The summed E-state index contributed by atoms with van der Waals surface area (Å²) in [5.74, 6) is 0. The van der Waals surface area contributed by atoms with Gasteiger partial charge in [-0.15, -0.1) is 0 Å². The fourth-order valence-corrected chi connectivity index (χ4v) is 1.66. The van der Waals surface area contributed by atoms with Crippen molar-refractivity contribution in [3.8, 4) is 0 Å². The van der Waals surface area contributed by atoms with Crippen LogP contribution in [0.15, 0.2) is 18.2 Å². The molecule has 0 aliphatic carbocycles. The highest BCUT2D eigenvalue weighted by Gasteiger charge is 2.16. The first kappa shape index (κ1) is 13.8. The molecule has 0 radical (unpaired) electrons. The van der Waals surface area contributed by atoms with Gasteiger partial charge in [0.2, 0.25) is 0 Å². The molecule has 0 spiro atoms. The minimum atomic E-state index is -0.237. The van der Waals surface area contributed by atoms with Gasteiger partial charge in [0.15, 0.2) is 0 Å². The number of hydrogen-bond acceptors (Lipinski definition) is 2. The van der Waals surface area contributed by atoms with Crippen LogP contribution in [0.4, 0.5) is 0 Å². The van der Waals surface area contributed by atoms with Gasteiger partial charge in [0.05, 0.1) is 21.7 Å². The van der Waals surface area contributed by atoms with Crippen LogP contribution in [0.25, 0.3) is 0 Å².